The van der Waals surface area contributed by atoms with E-state index in [0.29, 0.717) is 12.0 Å². The van der Waals surface area contributed by atoms with Crippen LogP contribution in [-0.2, 0) is 11.2 Å². The zero-order valence-corrected chi connectivity index (χ0v) is 13.0. The summed E-state index contributed by atoms with van der Waals surface area (Å²) in [5, 5.41) is 6.86. The number of thiazole rings is 1. The second-order valence-corrected chi connectivity index (χ2v) is 5.86. The molecule has 2 unspecified atom stereocenters. The van der Waals surface area contributed by atoms with Gasteiger partial charge in [-0.15, -0.1) is 11.3 Å². The van der Waals surface area contributed by atoms with Crippen LogP contribution >= 0.6 is 11.3 Å². The molecule has 0 saturated heterocycles. The maximum absolute atomic E-state index is 5.91. The number of aromatic nitrogens is 1. The minimum atomic E-state index is 0.249. The van der Waals surface area contributed by atoms with Gasteiger partial charge in [0.25, 0.3) is 0 Å². The van der Waals surface area contributed by atoms with Crippen molar-refractivity contribution in [3.63, 3.8) is 0 Å². The van der Waals surface area contributed by atoms with Crippen LogP contribution in [0.2, 0.25) is 0 Å². The van der Waals surface area contributed by atoms with Gasteiger partial charge < -0.3 is 10.1 Å². The molecule has 0 bridgehead atoms. The smallest absolute Gasteiger partial charge is 0.0944 e. The zero-order chi connectivity index (χ0) is 13.5. The number of aryl methyl sites for hydroxylation is 1. The fourth-order valence-electron chi connectivity index (χ4n) is 2.22. The molecule has 0 radical (unpaired) electrons. The van der Waals surface area contributed by atoms with E-state index < -0.39 is 0 Å². The Bertz CT molecular complexity index is 338. The third kappa shape index (κ3) is 4.67. The van der Waals surface area contributed by atoms with Crippen LogP contribution in [0.3, 0.4) is 0 Å². The molecule has 1 N–H and O–H groups in total. The summed E-state index contributed by atoms with van der Waals surface area (Å²) in [5.41, 5.74) is 1.11. The number of ether oxygens (including phenoxy) is 1. The fraction of sp³-hybridized carbons (Fsp3) is 0.786. The Kier molecular flexibility index (Phi) is 6.82. The van der Waals surface area contributed by atoms with Crippen molar-refractivity contribution in [3.8, 4) is 0 Å². The van der Waals surface area contributed by atoms with Crippen LogP contribution < -0.4 is 5.32 Å². The van der Waals surface area contributed by atoms with Gasteiger partial charge in [-0.3, -0.25) is 0 Å². The Labute approximate surface area is 115 Å². The molecule has 3 nitrogen and oxygen atoms in total. The number of likely N-dealkylation sites (N-methyl/N-ethyl adjacent to an activating group) is 1. The summed E-state index contributed by atoms with van der Waals surface area (Å²) in [6, 6.07) is 0.348. The molecule has 0 aromatic carbocycles. The average molecular weight is 270 g/mol. The van der Waals surface area contributed by atoms with Gasteiger partial charge in [0.1, 0.15) is 0 Å². The fourth-order valence-corrected chi connectivity index (χ4v) is 3.05. The molecule has 1 rings (SSSR count). The largest absolute Gasteiger partial charge is 0.377 e. The average Bonchev–Trinajstić information content (AvgIpc) is 2.71. The summed E-state index contributed by atoms with van der Waals surface area (Å²) in [6.45, 7) is 12.4. The molecule has 0 amide bonds. The van der Waals surface area contributed by atoms with E-state index >= 15 is 0 Å². The van der Waals surface area contributed by atoms with E-state index in [2.05, 4.69) is 43.4 Å². The lowest BCUT2D eigenvalue weighted by Crippen LogP contribution is -2.45. The first-order chi connectivity index (χ1) is 8.58. The molecule has 104 valence electrons. The van der Waals surface area contributed by atoms with Crippen LogP contribution in [0.1, 0.15) is 38.4 Å². The normalized spacial score (nSPS) is 15.0. The van der Waals surface area contributed by atoms with Crippen molar-refractivity contribution in [2.75, 3.05) is 13.2 Å². The zero-order valence-electron chi connectivity index (χ0n) is 12.2. The molecule has 1 aromatic rings. The van der Waals surface area contributed by atoms with Crippen LogP contribution in [-0.4, -0.2) is 30.3 Å². The second-order valence-electron chi connectivity index (χ2n) is 4.91. The first kappa shape index (κ1) is 15.6. The van der Waals surface area contributed by atoms with Gasteiger partial charge in [0, 0.05) is 30.1 Å². The topological polar surface area (TPSA) is 34.2 Å². The number of hydrogen-bond acceptors (Lipinski definition) is 4. The Morgan fingerprint density at radius 3 is 2.56 bits per heavy atom. The van der Waals surface area contributed by atoms with Crippen LogP contribution in [0.5, 0.6) is 0 Å². The summed E-state index contributed by atoms with van der Waals surface area (Å²) < 4.78 is 5.91. The summed E-state index contributed by atoms with van der Waals surface area (Å²) >= 11 is 1.74. The van der Waals surface area contributed by atoms with Crippen LogP contribution in [0.25, 0.3) is 0 Å². The number of nitrogens with zero attached hydrogens (tertiary/aromatic N) is 1. The molecule has 0 aliphatic carbocycles. The highest BCUT2D eigenvalue weighted by atomic mass is 32.1. The van der Waals surface area contributed by atoms with Gasteiger partial charge >= 0.3 is 0 Å². The predicted molar refractivity (Wildman–Crippen MR) is 78.3 cm³/mol. The lowest BCUT2D eigenvalue weighted by atomic mass is 9.97. The van der Waals surface area contributed by atoms with Crippen LogP contribution in [0, 0.1) is 12.8 Å². The monoisotopic (exact) mass is 270 g/mol. The van der Waals surface area contributed by atoms with Gasteiger partial charge in [0.15, 0.2) is 0 Å². The third-order valence-corrected chi connectivity index (χ3v) is 3.93. The molecule has 0 aliphatic heterocycles. The Hall–Kier alpha value is -0.450. The highest BCUT2D eigenvalue weighted by Gasteiger charge is 2.25. The van der Waals surface area contributed by atoms with E-state index in [1.54, 1.807) is 11.3 Å². The standard InChI is InChI=1S/C14H26N2OS/c1-6-15-12(14(10(3)4)17-7-2)8-13-16-11(5)9-18-13/h9-10,12,14-15H,6-8H2,1-5H3. The van der Waals surface area contributed by atoms with Crippen molar-refractivity contribution in [2.24, 2.45) is 5.92 Å². The van der Waals surface area contributed by atoms with Gasteiger partial charge in [-0.25, -0.2) is 4.98 Å². The van der Waals surface area contributed by atoms with Crippen LogP contribution in [0.4, 0.5) is 0 Å². The highest BCUT2D eigenvalue weighted by Crippen LogP contribution is 2.18. The van der Waals surface area contributed by atoms with Crippen molar-refractivity contribution >= 4 is 11.3 Å². The quantitative estimate of drug-likeness (QED) is 0.788. The first-order valence-corrected chi connectivity index (χ1v) is 7.72. The third-order valence-electron chi connectivity index (χ3n) is 2.94. The lowest BCUT2D eigenvalue weighted by molar-refractivity contribution is 0.00394. The van der Waals surface area contributed by atoms with Crippen molar-refractivity contribution < 1.29 is 4.74 Å². The van der Waals surface area contributed by atoms with E-state index in [4.69, 9.17) is 4.74 Å². The van der Waals surface area contributed by atoms with E-state index in [9.17, 15) is 0 Å². The van der Waals surface area contributed by atoms with Crippen molar-refractivity contribution in [3.05, 3.63) is 16.1 Å². The van der Waals surface area contributed by atoms with E-state index in [1.165, 1.54) is 5.01 Å². The van der Waals surface area contributed by atoms with Gasteiger partial charge in [0.2, 0.25) is 0 Å². The molecule has 0 saturated carbocycles. The van der Waals surface area contributed by atoms with E-state index in [-0.39, 0.29) is 6.10 Å². The summed E-state index contributed by atoms with van der Waals surface area (Å²) in [5.74, 6) is 0.509. The van der Waals surface area contributed by atoms with Crippen molar-refractivity contribution in [2.45, 2.75) is 53.2 Å². The van der Waals surface area contributed by atoms with Crippen molar-refractivity contribution in [1.82, 2.24) is 10.3 Å². The van der Waals surface area contributed by atoms with Gasteiger partial charge in [-0.1, -0.05) is 20.8 Å². The van der Waals surface area contributed by atoms with Gasteiger partial charge in [-0.05, 0) is 26.3 Å². The summed E-state index contributed by atoms with van der Waals surface area (Å²) in [4.78, 5) is 4.56. The number of hydrogen-bond donors (Lipinski definition) is 1. The molecule has 0 fully saturated rings. The van der Waals surface area contributed by atoms with E-state index in [1.807, 2.05) is 6.92 Å². The molecule has 2 atom stereocenters. The first-order valence-electron chi connectivity index (χ1n) is 6.84. The Balaban J connectivity index is 2.72. The number of nitrogens with one attached hydrogen (secondary N) is 1. The van der Waals surface area contributed by atoms with E-state index in [0.717, 1.165) is 25.3 Å². The van der Waals surface area contributed by atoms with Crippen LogP contribution in [0.15, 0.2) is 5.38 Å². The molecule has 1 aromatic heterocycles. The molecule has 0 aliphatic rings. The molecule has 1 heterocycles. The maximum atomic E-state index is 5.91. The highest BCUT2D eigenvalue weighted by molar-refractivity contribution is 7.09. The van der Waals surface area contributed by atoms with Crippen molar-refractivity contribution in [1.29, 1.82) is 0 Å². The van der Waals surface area contributed by atoms with Gasteiger partial charge in [0.05, 0.1) is 11.1 Å². The second kappa shape index (κ2) is 7.87. The maximum Gasteiger partial charge on any atom is 0.0944 e. The predicted octanol–water partition coefficient (Wildman–Crippen LogP) is 3.03. The molecular weight excluding hydrogens is 244 g/mol. The Morgan fingerprint density at radius 1 is 1.39 bits per heavy atom. The lowest BCUT2D eigenvalue weighted by Gasteiger charge is -2.30. The molecule has 0 spiro atoms. The van der Waals surface area contributed by atoms with Gasteiger partial charge in [-0.2, -0.15) is 0 Å². The summed E-state index contributed by atoms with van der Waals surface area (Å²) in [6.07, 6.45) is 1.20. The minimum Gasteiger partial charge on any atom is -0.377 e. The molecule has 18 heavy (non-hydrogen) atoms. The summed E-state index contributed by atoms with van der Waals surface area (Å²) in [7, 11) is 0. The molecular formula is C14H26N2OS. The molecule has 4 heteroatoms. The SMILES string of the molecule is CCNC(Cc1nc(C)cs1)C(OCC)C(C)C. The Morgan fingerprint density at radius 2 is 2.11 bits per heavy atom. The number of rotatable bonds is 8. The minimum absolute atomic E-state index is 0.249.